The number of sulfonamides is 1. The number of fused-ring (bicyclic) bond motifs is 1. The molecule has 2 fully saturated rings. The number of carbonyl (C=O) groups is 1. The van der Waals surface area contributed by atoms with Gasteiger partial charge < -0.3 is 9.73 Å². The quantitative estimate of drug-likeness (QED) is 0.389. The second-order valence-corrected chi connectivity index (χ2v) is 16.4. The first kappa shape index (κ1) is 29.7. The standard InChI is InChI=1S/C30H39N3O6S2/c1-30(2,3)33-41(37,38)26-14-13-24(22-11-7-8-12-23(22)26)27-25(19-20-9-5-4-6-10-20)32-29(39-27)28(34)31-21-15-17-40(35,36)18-16-21/h7-8,11-14,20-21,33H,4-6,9-10,15-19H2,1-3H3,(H,31,34). The van der Waals surface area contributed by atoms with Crippen molar-refractivity contribution >= 4 is 36.5 Å². The summed E-state index contributed by atoms with van der Waals surface area (Å²) in [6.07, 6.45) is 7.09. The molecule has 2 aliphatic rings. The molecule has 222 valence electrons. The molecule has 0 radical (unpaired) electrons. The Hall–Kier alpha value is -2.76. The SMILES string of the molecule is CC(C)(C)NS(=O)(=O)c1ccc(-c2oc(C(=O)NC3CCS(=O)(=O)CC3)nc2CC2CCCCC2)c2ccccc12. The molecule has 0 spiro atoms. The fourth-order valence-electron chi connectivity index (χ4n) is 5.91. The van der Waals surface area contributed by atoms with Gasteiger partial charge >= 0.3 is 5.91 Å². The van der Waals surface area contributed by atoms with Crippen LogP contribution in [0.25, 0.3) is 22.1 Å². The van der Waals surface area contributed by atoms with Crippen LogP contribution >= 0.6 is 0 Å². The topological polar surface area (TPSA) is 135 Å². The Morgan fingerprint density at radius 1 is 0.976 bits per heavy atom. The van der Waals surface area contributed by atoms with Gasteiger partial charge in [-0.1, -0.05) is 56.4 Å². The zero-order valence-electron chi connectivity index (χ0n) is 23.9. The molecule has 0 bridgehead atoms. The predicted octanol–water partition coefficient (Wildman–Crippen LogP) is 5.00. The van der Waals surface area contributed by atoms with Crippen LogP contribution in [0.3, 0.4) is 0 Å². The summed E-state index contributed by atoms with van der Waals surface area (Å²) in [6.45, 7) is 5.39. The Balaban J connectivity index is 1.54. The molecular formula is C30H39N3O6S2. The van der Waals surface area contributed by atoms with E-state index >= 15 is 0 Å². The zero-order valence-corrected chi connectivity index (χ0v) is 25.5. The minimum Gasteiger partial charge on any atom is -0.432 e. The van der Waals surface area contributed by atoms with Crippen LogP contribution < -0.4 is 10.0 Å². The first-order valence-electron chi connectivity index (χ1n) is 14.4. The third kappa shape index (κ3) is 7.01. The van der Waals surface area contributed by atoms with Gasteiger partial charge in [-0.15, -0.1) is 0 Å². The van der Waals surface area contributed by atoms with Crippen LogP contribution in [0.2, 0.25) is 0 Å². The maximum Gasteiger partial charge on any atom is 0.307 e. The first-order valence-corrected chi connectivity index (χ1v) is 17.7. The van der Waals surface area contributed by atoms with Gasteiger partial charge in [0.15, 0.2) is 5.76 Å². The predicted molar refractivity (Wildman–Crippen MR) is 159 cm³/mol. The molecule has 1 saturated heterocycles. The highest BCUT2D eigenvalue weighted by Gasteiger charge is 2.30. The van der Waals surface area contributed by atoms with Crippen molar-refractivity contribution in [1.82, 2.24) is 15.0 Å². The smallest absolute Gasteiger partial charge is 0.307 e. The molecule has 11 heteroatoms. The minimum atomic E-state index is -3.81. The van der Waals surface area contributed by atoms with E-state index in [0.717, 1.165) is 25.7 Å². The number of carbonyl (C=O) groups excluding carboxylic acids is 1. The summed E-state index contributed by atoms with van der Waals surface area (Å²) < 4.78 is 59.2. The van der Waals surface area contributed by atoms with Crippen molar-refractivity contribution in [2.75, 3.05) is 11.5 Å². The summed E-state index contributed by atoms with van der Waals surface area (Å²) in [7, 11) is -6.87. The Morgan fingerprint density at radius 3 is 2.29 bits per heavy atom. The van der Waals surface area contributed by atoms with Crippen molar-refractivity contribution < 1.29 is 26.0 Å². The molecule has 0 unspecified atom stereocenters. The highest BCUT2D eigenvalue weighted by molar-refractivity contribution is 7.91. The molecule has 9 nitrogen and oxygen atoms in total. The van der Waals surface area contributed by atoms with Gasteiger partial charge in [-0.3, -0.25) is 4.79 Å². The fraction of sp³-hybridized carbons (Fsp3) is 0.533. The number of rotatable bonds is 7. The van der Waals surface area contributed by atoms with Crippen molar-refractivity contribution in [3.63, 3.8) is 0 Å². The van der Waals surface area contributed by atoms with Crippen molar-refractivity contribution in [2.45, 2.75) is 88.6 Å². The molecule has 1 aliphatic heterocycles. The number of nitrogens with one attached hydrogen (secondary N) is 2. The van der Waals surface area contributed by atoms with Crippen LogP contribution in [0.4, 0.5) is 0 Å². The van der Waals surface area contributed by atoms with Crippen molar-refractivity contribution in [3.05, 3.63) is 48.0 Å². The normalized spacial score (nSPS) is 18.9. The van der Waals surface area contributed by atoms with Crippen LogP contribution in [-0.2, 0) is 26.3 Å². The van der Waals surface area contributed by atoms with E-state index in [0.29, 0.717) is 53.0 Å². The van der Waals surface area contributed by atoms with Gasteiger partial charge in [0.1, 0.15) is 9.84 Å². The molecule has 0 atom stereocenters. The highest BCUT2D eigenvalue weighted by atomic mass is 32.2. The number of nitrogens with zero attached hydrogens (tertiary/aromatic N) is 1. The van der Waals surface area contributed by atoms with E-state index < -0.39 is 31.3 Å². The lowest BCUT2D eigenvalue weighted by Gasteiger charge is -2.22. The van der Waals surface area contributed by atoms with Crippen molar-refractivity contribution in [1.29, 1.82) is 0 Å². The summed E-state index contributed by atoms with van der Waals surface area (Å²) in [4.78, 5) is 18.1. The van der Waals surface area contributed by atoms with Gasteiger partial charge in [0.25, 0.3) is 5.89 Å². The molecule has 5 rings (SSSR count). The Kier molecular flexibility index (Phi) is 8.33. The van der Waals surface area contributed by atoms with E-state index in [1.807, 2.05) is 12.1 Å². The van der Waals surface area contributed by atoms with Crippen LogP contribution in [0.5, 0.6) is 0 Å². The molecule has 3 aromatic rings. The van der Waals surface area contributed by atoms with Crippen LogP contribution in [0, 0.1) is 5.92 Å². The Morgan fingerprint density at radius 2 is 1.63 bits per heavy atom. The lowest BCUT2D eigenvalue weighted by molar-refractivity contribution is 0.0900. The lowest BCUT2D eigenvalue weighted by Crippen LogP contribution is -2.41. The van der Waals surface area contributed by atoms with Crippen molar-refractivity contribution in [2.24, 2.45) is 5.92 Å². The third-order valence-electron chi connectivity index (χ3n) is 7.85. The Bertz CT molecular complexity index is 1630. The van der Waals surface area contributed by atoms with Gasteiger partial charge in [0, 0.05) is 22.5 Å². The number of hydrogen-bond donors (Lipinski definition) is 2. The van der Waals surface area contributed by atoms with E-state index in [2.05, 4.69) is 15.0 Å². The molecule has 41 heavy (non-hydrogen) atoms. The fourth-order valence-corrected chi connectivity index (χ4v) is 9.03. The summed E-state index contributed by atoms with van der Waals surface area (Å²) >= 11 is 0. The summed E-state index contributed by atoms with van der Waals surface area (Å²) in [5.74, 6) is 0.461. The molecule has 2 N–H and O–H groups in total. The number of aromatic nitrogens is 1. The lowest BCUT2D eigenvalue weighted by atomic mass is 9.85. The maximum absolute atomic E-state index is 13.3. The van der Waals surface area contributed by atoms with Gasteiger partial charge in [-0.25, -0.2) is 26.5 Å². The van der Waals surface area contributed by atoms with E-state index in [4.69, 9.17) is 4.42 Å². The van der Waals surface area contributed by atoms with E-state index in [1.54, 1.807) is 45.0 Å². The van der Waals surface area contributed by atoms with E-state index in [-0.39, 0.29) is 28.3 Å². The second kappa shape index (κ2) is 11.5. The number of sulfone groups is 1. The summed E-state index contributed by atoms with van der Waals surface area (Å²) in [5.41, 5.74) is 0.708. The molecule has 1 amide bonds. The first-order chi connectivity index (χ1) is 19.3. The molecule has 1 saturated carbocycles. The van der Waals surface area contributed by atoms with E-state index in [1.165, 1.54) is 6.42 Å². The molecule has 1 aromatic heterocycles. The second-order valence-electron chi connectivity index (χ2n) is 12.4. The van der Waals surface area contributed by atoms with Crippen LogP contribution in [0.15, 0.2) is 45.7 Å². The van der Waals surface area contributed by atoms with Crippen LogP contribution in [0.1, 0.15) is 82.1 Å². The number of oxazole rings is 1. The molecule has 2 heterocycles. The van der Waals surface area contributed by atoms with Crippen molar-refractivity contribution in [3.8, 4) is 11.3 Å². The van der Waals surface area contributed by atoms with Gasteiger partial charge in [-0.2, -0.15) is 0 Å². The van der Waals surface area contributed by atoms with Gasteiger partial charge in [0.2, 0.25) is 10.0 Å². The molecule has 1 aliphatic carbocycles. The van der Waals surface area contributed by atoms with Crippen LogP contribution in [-0.4, -0.2) is 50.8 Å². The largest absolute Gasteiger partial charge is 0.432 e. The summed E-state index contributed by atoms with van der Waals surface area (Å²) in [5, 5.41) is 4.15. The van der Waals surface area contributed by atoms with Gasteiger partial charge in [-0.05, 0) is 63.5 Å². The summed E-state index contributed by atoms with van der Waals surface area (Å²) in [6, 6.07) is 10.3. The van der Waals surface area contributed by atoms with Gasteiger partial charge in [0.05, 0.1) is 22.1 Å². The zero-order chi connectivity index (χ0) is 29.4. The minimum absolute atomic E-state index is 0.0486. The average molecular weight is 602 g/mol. The van der Waals surface area contributed by atoms with E-state index in [9.17, 15) is 21.6 Å². The highest BCUT2D eigenvalue weighted by Crippen LogP contribution is 2.37. The number of hydrogen-bond acceptors (Lipinski definition) is 7. The number of amides is 1. The Labute approximate surface area is 242 Å². The molecule has 2 aromatic carbocycles. The average Bonchev–Trinajstić information content (AvgIpc) is 3.32. The maximum atomic E-state index is 13.3. The molecular weight excluding hydrogens is 562 g/mol. The third-order valence-corrected chi connectivity index (χ3v) is 11.4. The monoisotopic (exact) mass is 601 g/mol. The number of benzene rings is 2.